The first-order valence-electron chi connectivity index (χ1n) is 10.3. The van der Waals surface area contributed by atoms with E-state index >= 15 is 0 Å². The van der Waals surface area contributed by atoms with Crippen molar-refractivity contribution in [2.75, 3.05) is 6.54 Å². The van der Waals surface area contributed by atoms with Gasteiger partial charge in [-0.05, 0) is 12.1 Å². The quantitative estimate of drug-likeness (QED) is 0.378. The molecule has 0 spiro atoms. The Morgan fingerprint density at radius 3 is 2.69 bits per heavy atom. The van der Waals surface area contributed by atoms with Crippen molar-refractivity contribution in [1.29, 1.82) is 0 Å². The summed E-state index contributed by atoms with van der Waals surface area (Å²) in [7, 11) is 0. The van der Waals surface area contributed by atoms with Crippen molar-refractivity contribution >= 4 is 5.69 Å². The molecule has 2 aromatic carbocycles. The van der Waals surface area contributed by atoms with Crippen molar-refractivity contribution in [3.8, 4) is 22.7 Å². The van der Waals surface area contributed by atoms with E-state index in [1.54, 1.807) is 12.1 Å². The number of non-ortho nitro benzene ring substituents is 1. The highest BCUT2D eigenvalue weighted by Gasteiger charge is 2.22. The van der Waals surface area contributed by atoms with Crippen LogP contribution in [0.2, 0.25) is 0 Å². The second-order valence-electron chi connectivity index (χ2n) is 7.74. The molecule has 0 radical (unpaired) electrons. The molecule has 0 saturated heterocycles. The van der Waals surface area contributed by atoms with E-state index in [0.29, 0.717) is 42.2 Å². The van der Waals surface area contributed by atoms with Gasteiger partial charge in [0.05, 0.1) is 22.7 Å². The van der Waals surface area contributed by atoms with Crippen molar-refractivity contribution in [3.05, 3.63) is 104 Å². The number of furan rings is 1. The topological polar surface area (TPSA) is 105 Å². The van der Waals surface area contributed by atoms with Gasteiger partial charge in [0.15, 0.2) is 0 Å². The Morgan fingerprint density at radius 1 is 1.06 bits per heavy atom. The van der Waals surface area contributed by atoms with Crippen LogP contribution in [0, 0.1) is 10.1 Å². The summed E-state index contributed by atoms with van der Waals surface area (Å²) in [5, 5.41) is 11.0. The molecule has 2 aromatic heterocycles. The van der Waals surface area contributed by atoms with Gasteiger partial charge in [0.1, 0.15) is 17.3 Å². The molecule has 0 bridgehead atoms. The van der Waals surface area contributed by atoms with Gasteiger partial charge in [0.2, 0.25) is 0 Å². The summed E-state index contributed by atoms with van der Waals surface area (Å²) >= 11 is 0. The second-order valence-corrected chi connectivity index (χ2v) is 7.74. The molecule has 0 amide bonds. The molecule has 8 nitrogen and oxygen atoms in total. The molecular formula is C24H20N4O4. The lowest BCUT2D eigenvalue weighted by molar-refractivity contribution is -0.384. The number of nitro groups is 1. The van der Waals surface area contributed by atoms with E-state index in [1.807, 2.05) is 42.5 Å². The number of benzene rings is 2. The molecular weight excluding hydrogens is 408 g/mol. The zero-order chi connectivity index (χ0) is 22.1. The highest BCUT2D eigenvalue weighted by atomic mass is 16.6. The first-order chi connectivity index (χ1) is 15.6. The summed E-state index contributed by atoms with van der Waals surface area (Å²) in [6, 6.07) is 19.7. The van der Waals surface area contributed by atoms with E-state index in [4.69, 9.17) is 9.40 Å². The Balaban J connectivity index is 1.33. The molecule has 0 unspecified atom stereocenters. The van der Waals surface area contributed by atoms with Crippen LogP contribution in [-0.2, 0) is 19.5 Å². The maximum atomic E-state index is 12.7. The van der Waals surface area contributed by atoms with Crippen LogP contribution >= 0.6 is 0 Å². The zero-order valence-electron chi connectivity index (χ0n) is 17.2. The van der Waals surface area contributed by atoms with Gasteiger partial charge in [0, 0.05) is 42.8 Å². The summed E-state index contributed by atoms with van der Waals surface area (Å²) in [5.41, 5.74) is 2.97. The Labute approximate surface area is 183 Å². The summed E-state index contributed by atoms with van der Waals surface area (Å²) in [5.74, 6) is 1.91. The first kappa shape index (κ1) is 19.9. The number of aromatic nitrogens is 2. The van der Waals surface area contributed by atoms with E-state index in [-0.39, 0.29) is 11.2 Å². The molecule has 0 fully saturated rings. The molecule has 0 saturated carbocycles. The van der Waals surface area contributed by atoms with Crippen LogP contribution in [0.5, 0.6) is 0 Å². The highest BCUT2D eigenvalue weighted by Crippen LogP contribution is 2.27. The van der Waals surface area contributed by atoms with Crippen molar-refractivity contribution in [3.63, 3.8) is 0 Å². The maximum absolute atomic E-state index is 12.7. The molecule has 3 heterocycles. The average Bonchev–Trinajstić information content (AvgIpc) is 3.28. The molecule has 1 aliphatic heterocycles. The third-order valence-corrected chi connectivity index (χ3v) is 5.58. The fourth-order valence-electron chi connectivity index (χ4n) is 3.96. The molecule has 8 heteroatoms. The van der Waals surface area contributed by atoms with Crippen molar-refractivity contribution in [2.24, 2.45) is 0 Å². The third kappa shape index (κ3) is 3.95. The lowest BCUT2D eigenvalue weighted by atomic mass is 10.1. The number of nitro benzene ring substituents is 1. The molecule has 160 valence electrons. The van der Waals surface area contributed by atoms with Crippen LogP contribution in [0.4, 0.5) is 5.69 Å². The minimum atomic E-state index is -0.423. The number of rotatable bonds is 5. The minimum Gasteiger partial charge on any atom is -0.460 e. The lowest BCUT2D eigenvalue weighted by Crippen LogP contribution is -2.35. The van der Waals surface area contributed by atoms with Gasteiger partial charge in [-0.3, -0.25) is 19.8 Å². The van der Waals surface area contributed by atoms with Crippen molar-refractivity contribution in [1.82, 2.24) is 14.9 Å². The number of nitrogens with one attached hydrogen (secondary N) is 1. The lowest BCUT2D eigenvalue weighted by Gasteiger charge is -2.26. The zero-order valence-corrected chi connectivity index (χ0v) is 17.2. The Morgan fingerprint density at radius 2 is 1.88 bits per heavy atom. The molecule has 32 heavy (non-hydrogen) atoms. The van der Waals surface area contributed by atoms with E-state index in [2.05, 4.69) is 9.88 Å². The molecule has 1 aliphatic rings. The van der Waals surface area contributed by atoms with Gasteiger partial charge >= 0.3 is 0 Å². The minimum absolute atomic E-state index is 0.0229. The van der Waals surface area contributed by atoms with Gasteiger partial charge in [-0.2, -0.15) is 0 Å². The van der Waals surface area contributed by atoms with Crippen LogP contribution in [-0.4, -0.2) is 26.3 Å². The third-order valence-electron chi connectivity index (χ3n) is 5.58. The van der Waals surface area contributed by atoms with Crippen LogP contribution in [0.15, 0.2) is 75.9 Å². The predicted octanol–water partition coefficient (Wildman–Crippen LogP) is 4.16. The highest BCUT2D eigenvalue weighted by molar-refractivity contribution is 5.61. The SMILES string of the molecule is O=c1[nH]c(-c2ccccc2)nc2c1CN(Cc1ccc(-c3cccc([N+](=O)[O-])c3)o1)CC2. The van der Waals surface area contributed by atoms with Gasteiger partial charge in [-0.25, -0.2) is 4.98 Å². The standard InChI is InChI=1S/C24H20N4O4/c29-24-20-15-27(12-11-21(20)25-23(26-24)16-5-2-1-3-6-16)14-19-9-10-22(32-19)17-7-4-8-18(13-17)28(30)31/h1-10,13H,11-12,14-15H2,(H,25,26,29). The molecule has 4 aromatic rings. The number of nitrogens with zero attached hydrogens (tertiary/aromatic N) is 3. The normalized spacial score (nSPS) is 13.6. The van der Waals surface area contributed by atoms with Gasteiger partial charge in [-0.15, -0.1) is 0 Å². The van der Waals surface area contributed by atoms with Crippen LogP contribution in [0.1, 0.15) is 17.0 Å². The number of hydrogen-bond acceptors (Lipinski definition) is 6. The number of hydrogen-bond donors (Lipinski definition) is 1. The Kier molecular flexibility index (Phi) is 5.12. The molecule has 1 N–H and O–H groups in total. The maximum Gasteiger partial charge on any atom is 0.270 e. The second kappa shape index (κ2) is 8.24. The summed E-state index contributed by atoms with van der Waals surface area (Å²) in [4.78, 5) is 33.1. The van der Waals surface area contributed by atoms with Crippen molar-refractivity contribution in [2.45, 2.75) is 19.5 Å². The number of H-pyrrole nitrogens is 1. The Hall–Kier alpha value is -4.04. The fourth-order valence-corrected chi connectivity index (χ4v) is 3.96. The van der Waals surface area contributed by atoms with E-state index < -0.39 is 4.92 Å². The summed E-state index contributed by atoms with van der Waals surface area (Å²) in [6.07, 6.45) is 0.678. The van der Waals surface area contributed by atoms with Gasteiger partial charge < -0.3 is 9.40 Å². The predicted molar refractivity (Wildman–Crippen MR) is 119 cm³/mol. The van der Waals surface area contributed by atoms with E-state index in [1.165, 1.54) is 12.1 Å². The smallest absolute Gasteiger partial charge is 0.270 e. The average molecular weight is 428 g/mol. The summed E-state index contributed by atoms with van der Waals surface area (Å²) in [6.45, 7) is 1.78. The molecule has 0 aliphatic carbocycles. The Bertz CT molecular complexity index is 1340. The molecule has 5 rings (SSSR count). The monoisotopic (exact) mass is 428 g/mol. The van der Waals surface area contributed by atoms with E-state index in [9.17, 15) is 14.9 Å². The first-order valence-corrected chi connectivity index (χ1v) is 10.3. The van der Waals surface area contributed by atoms with Gasteiger partial charge in [0.25, 0.3) is 11.2 Å². The largest absolute Gasteiger partial charge is 0.460 e. The number of fused-ring (bicyclic) bond motifs is 1. The van der Waals surface area contributed by atoms with Crippen LogP contribution in [0.3, 0.4) is 0 Å². The van der Waals surface area contributed by atoms with Crippen molar-refractivity contribution < 1.29 is 9.34 Å². The van der Waals surface area contributed by atoms with Crippen LogP contribution in [0.25, 0.3) is 22.7 Å². The fraction of sp³-hybridized carbons (Fsp3) is 0.167. The van der Waals surface area contributed by atoms with Crippen LogP contribution < -0.4 is 5.56 Å². The number of aromatic amines is 1. The van der Waals surface area contributed by atoms with E-state index in [0.717, 1.165) is 23.6 Å². The molecule has 0 atom stereocenters. The van der Waals surface area contributed by atoms with Gasteiger partial charge in [-0.1, -0.05) is 42.5 Å². The summed E-state index contributed by atoms with van der Waals surface area (Å²) < 4.78 is 5.94.